The number of ketones is 1. The molecule has 0 aliphatic carbocycles. The first-order chi connectivity index (χ1) is 14.2. The summed E-state index contributed by atoms with van der Waals surface area (Å²) in [5, 5.41) is 0. The Labute approximate surface area is 180 Å². The Morgan fingerprint density at radius 3 is 2.13 bits per heavy atom. The standard InChI is InChI=1S/C26H32O4/c1-8-28-24-17-25(29-9-2)22(26(5,6)7)16-20(24)12-15-23(27)19-10-13-21(14-11-19)30-18(3)4/h10-17H,3,8-9H2,1-2,4-7H3/b15-12+. The second-order valence-electron chi connectivity index (χ2n) is 8.03. The Hall–Kier alpha value is -3.01. The topological polar surface area (TPSA) is 44.8 Å². The van der Waals surface area contributed by atoms with E-state index in [9.17, 15) is 4.79 Å². The Morgan fingerprint density at radius 2 is 1.60 bits per heavy atom. The van der Waals surface area contributed by atoms with Gasteiger partial charge in [-0.3, -0.25) is 4.79 Å². The van der Waals surface area contributed by atoms with Crippen molar-refractivity contribution in [1.29, 1.82) is 0 Å². The van der Waals surface area contributed by atoms with Crippen molar-refractivity contribution in [3.8, 4) is 17.2 Å². The lowest BCUT2D eigenvalue weighted by molar-refractivity contribution is 0.104. The highest BCUT2D eigenvalue weighted by molar-refractivity contribution is 6.07. The molecule has 0 aliphatic rings. The third-order valence-electron chi connectivity index (χ3n) is 4.36. The van der Waals surface area contributed by atoms with Crippen LogP contribution in [-0.4, -0.2) is 19.0 Å². The van der Waals surface area contributed by atoms with Gasteiger partial charge in [-0.05, 0) is 68.7 Å². The molecule has 0 unspecified atom stereocenters. The van der Waals surface area contributed by atoms with E-state index in [-0.39, 0.29) is 11.2 Å². The number of allylic oxidation sites excluding steroid dienone is 2. The van der Waals surface area contributed by atoms with Gasteiger partial charge in [-0.1, -0.05) is 27.4 Å². The first kappa shape index (κ1) is 23.3. The highest BCUT2D eigenvalue weighted by Gasteiger charge is 2.21. The fraction of sp³-hybridized carbons (Fsp3) is 0.346. The molecule has 0 N–H and O–H groups in total. The van der Waals surface area contributed by atoms with Crippen LogP contribution in [0, 0.1) is 0 Å². The van der Waals surface area contributed by atoms with E-state index in [4.69, 9.17) is 14.2 Å². The quantitative estimate of drug-likeness (QED) is 0.267. The van der Waals surface area contributed by atoms with Crippen LogP contribution in [0.5, 0.6) is 17.2 Å². The number of hydrogen-bond acceptors (Lipinski definition) is 4. The van der Waals surface area contributed by atoms with E-state index < -0.39 is 0 Å². The minimum atomic E-state index is -0.110. The molecular formula is C26H32O4. The van der Waals surface area contributed by atoms with Crippen molar-refractivity contribution in [2.24, 2.45) is 0 Å². The van der Waals surface area contributed by atoms with Crippen LogP contribution in [0.4, 0.5) is 0 Å². The zero-order chi connectivity index (χ0) is 22.3. The van der Waals surface area contributed by atoms with E-state index in [0.717, 1.165) is 16.9 Å². The highest BCUT2D eigenvalue weighted by atomic mass is 16.5. The molecule has 0 fully saturated rings. The lowest BCUT2D eigenvalue weighted by atomic mass is 9.85. The minimum Gasteiger partial charge on any atom is -0.493 e. The van der Waals surface area contributed by atoms with Gasteiger partial charge in [0.1, 0.15) is 17.2 Å². The summed E-state index contributed by atoms with van der Waals surface area (Å²) < 4.78 is 17.1. The molecule has 0 spiro atoms. The molecule has 30 heavy (non-hydrogen) atoms. The Kier molecular flexibility index (Phi) is 7.87. The Morgan fingerprint density at radius 1 is 1.00 bits per heavy atom. The summed E-state index contributed by atoms with van der Waals surface area (Å²) in [7, 11) is 0. The SMILES string of the molecule is C=C(C)Oc1ccc(C(=O)/C=C/c2cc(C(C)(C)C)c(OCC)cc2OCC)cc1. The van der Waals surface area contributed by atoms with Crippen molar-refractivity contribution < 1.29 is 19.0 Å². The summed E-state index contributed by atoms with van der Waals surface area (Å²) in [4.78, 5) is 12.7. The van der Waals surface area contributed by atoms with Crippen LogP contribution in [0.1, 0.15) is 63.0 Å². The van der Waals surface area contributed by atoms with Gasteiger partial charge < -0.3 is 14.2 Å². The lowest BCUT2D eigenvalue weighted by Crippen LogP contribution is -2.14. The summed E-state index contributed by atoms with van der Waals surface area (Å²) in [5.41, 5.74) is 2.39. The van der Waals surface area contributed by atoms with Crippen LogP contribution >= 0.6 is 0 Å². The molecular weight excluding hydrogens is 376 g/mol. The van der Waals surface area contributed by atoms with Crippen LogP contribution < -0.4 is 14.2 Å². The zero-order valence-corrected chi connectivity index (χ0v) is 18.9. The van der Waals surface area contributed by atoms with E-state index in [0.29, 0.717) is 36.0 Å². The molecule has 0 atom stereocenters. The van der Waals surface area contributed by atoms with Gasteiger partial charge in [-0.15, -0.1) is 0 Å². The first-order valence-electron chi connectivity index (χ1n) is 10.3. The van der Waals surface area contributed by atoms with Crippen molar-refractivity contribution in [2.45, 2.75) is 47.0 Å². The van der Waals surface area contributed by atoms with Crippen molar-refractivity contribution in [2.75, 3.05) is 13.2 Å². The molecule has 0 bridgehead atoms. The maximum Gasteiger partial charge on any atom is 0.185 e. The van der Waals surface area contributed by atoms with E-state index >= 15 is 0 Å². The number of ether oxygens (including phenoxy) is 3. The largest absolute Gasteiger partial charge is 0.493 e. The normalized spacial score (nSPS) is 11.4. The van der Waals surface area contributed by atoms with E-state index in [1.165, 1.54) is 0 Å². The van der Waals surface area contributed by atoms with E-state index in [1.807, 2.05) is 26.0 Å². The maximum absolute atomic E-state index is 12.7. The molecule has 2 aromatic carbocycles. The van der Waals surface area contributed by atoms with E-state index in [2.05, 4.69) is 27.4 Å². The molecule has 4 heteroatoms. The van der Waals surface area contributed by atoms with Crippen LogP contribution in [0.3, 0.4) is 0 Å². The second-order valence-corrected chi connectivity index (χ2v) is 8.03. The van der Waals surface area contributed by atoms with Crippen molar-refractivity contribution in [3.05, 3.63) is 71.5 Å². The monoisotopic (exact) mass is 408 g/mol. The van der Waals surface area contributed by atoms with Gasteiger partial charge in [-0.2, -0.15) is 0 Å². The molecule has 4 nitrogen and oxygen atoms in total. The predicted molar refractivity (Wildman–Crippen MR) is 123 cm³/mol. The summed E-state index contributed by atoms with van der Waals surface area (Å²) in [6.07, 6.45) is 3.37. The van der Waals surface area contributed by atoms with Gasteiger partial charge in [0.25, 0.3) is 0 Å². The number of rotatable bonds is 9. The van der Waals surface area contributed by atoms with Crippen molar-refractivity contribution in [3.63, 3.8) is 0 Å². The van der Waals surface area contributed by atoms with Crippen LogP contribution in [0.2, 0.25) is 0 Å². The Bertz CT molecular complexity index is 915. The van der Waals surface area contributed by atoms with Gasteiger partial charge in [0.15, 0.2) is 5.78 Å². The minimum absolute atomic E-state index is 0.0921. The third kappa shape index (κ3) is 6.24. The number of carbonyl (C=O) groups excluding carboxylic acids is 1. The summed E-state index contributed by atoms with van der Waals surface area (Å²) in [6.45, 7) is 16.9. The molecule has 0 aliphatic heterocycles. The maximum atomic E-state index is 12.7. The fourth-order valence-corrected chi connectivity index (χ4v) is 3.00. The number of benzene rings is 2. The summed E-state index contributed by atoms with van der Waals surface area (Å²) in [6, 6.07) is 11.0. The van der Waals surface area contributed by atoms with E-state index in [1.54, 1.807) is 43.3 Å². The molecule has 0 saturated carbocycles. The van der Waals surface area contributed by atoms with Gasteiger partial charge in [0.05, 0.1) is 19.0 Å². The van der Waals surface area contributed by atoms with Crippen LogP contribution in [0.25, 0.3) is 6.08 Å². The highest BCUT2D eigenvalue weighted by Crippen LogP contribution is 2.37. The average Bonchev–Trinajstić information content (AvgIpc) is 2.66. The third-order valence-corrected chi connectivity index (χ3v) is 4.36. The van der Waals surface area contributed by atoms with Crippen molar-refractivity contribution >= 4 is 11.9 Å². The summed E-state index contributed by atoms with van der Waals surface area (Å²) in [5.74, 6) is 2.67. The van der Waals surface area contributed by atoms with Gasteiger partial charge in [0, 0.05) is 22.8 Å². The molecule has 160 valence electrons. The number of hydrogen-bond donors (Lipinski definition) is 0. The van der Waals surface area contributed by atoms with Gasteiger partial charge >= 0.3 is 0 Å². The van der Waals surface area contributed by atoms with Crippen LogP contribution in [-0.2, 0) is 5.41 Å². The summed E-state index contributed by atoms with van der Waals surface area (Å²) >= 11 is 0. The molecule has 0 saturated heterocycles. The molecule has 0 aromatic heterocycles. The van der Waals surface area contributed by atoms with Gasteiger partial charge in [-0.25, -0.2) is 0 Å². The molecule has 0 heterocycles. The Balaban J connectivity index is 2.35. The van der Waals surface area contributed by atoms with Gasteiger partial charge in [0.2, 0.25) is 0 Å². The molecule has 0 radical (unpaired) electrons. The molecule has 2 aromatic rings. The lowest BCUT2D eigenvalue weighted by Gasteiger charge is -2.24. The van der Waals surface area contributed by atoms with Crippen LogP contribution in [0.15, 0.2) is 54.8 Å². The fourth-order valence-electron chi connectivity index (χ4n) is 3.00. The average molecular weight is 409 g/mol. The number of carbonyl (C=O) groups is 1. The smallest absolute Gasteiger partial charge is 0.185 e. The van der Waals surface area contributed by atoms with Crippen molar-refractivity contribution in [1.82, 2.24) is 0 Å². The molecule has 2 rings (SSSR count). The predicted octanol–water partition coefficient (Wildman–Crippen LogP) is 6.59. The molecule has 0 amide bonds. The second kappa shape index (κ2) is 10.1. The zero-order valence-electron chi connectivity index (χ0n) is 18.9. The first-order valence-corrected chi connectivity index (χ1v) is 10.3.